The fourth-order valence-electron chi connectivity index (χ4n) is 2.34. The highest BCUT2D eigenvalue weighted by molar-refractivity contribution is 7.99. The minimum absolute atomic E-state index is 0.605. The van der Waals surface area contributed by atoms with Crippen LogP contribution < -0.4 is 0 Å². The number of halogens is 3. The van der Waals surface area contributed by atoms with Crippen LogP contribution in [0.3, 0.4) is 0 Å². The van der Waals surface area contributed by atoms with Gasteiger partial charge in [-0.05, 0) is 41.0 Å². The Morgan fingerprint density at radius 1 is 0.952 bits per heavy atom. The Balaban J connectivity index is 2.22. The SMILES string of the molecule is C=CC=C1c2ccccc2Sc2ccc(C(F)(F)F)cc21. The highest BCUT2D eigenvalue weighted by atomic mass is 32.2. The average molecular weight is 304 g/mol. The molecule has 4 heteroatoms. The molecular weight excluding hydrogens is 293 g/mol. The summed E-state index contributed by atoms with van der Waals surface area (Å²) >= 11 is 1.49. The number of fused-ring (bicyclic) bond motifs is 2. The second-order valence-corrected chi connectivity index (χ2v) is 5.71. The maximum atomic E-state index is 12.9. The van der Waals surface area contributed by atoms with Gasteiger partial charge in [0.05, 0.1) is 5.56 Å². The zero-order chi connectivity index (χ0) is 15.0. The first-order chi connectivity index (χ1) is 10.0. The molecule has 0 atom stereocenters. The number of allylic oxidation sites excluding steroid dienone is 2. The fourth-order valence-corrected chi connectivity index (χ4v) is 3.43. The molecular formula is C17H11F3S. The van der Waals surface area contributed by atoms with Gasteiger partial charge in [-0.2, -0.15) is 13.2 Å². The van der Waals surface area contributed by atoms with E-state index in [0.29, 0.717) is 5.56 Å². The molecule has 1 aliphatic heterocycles. The zero-order valence-electron chi connectivity index (χ0n) is 10.9. The molecule has 0 saturated carbocycles. The van der Waals surface area contributed by atoms with Gasteiger partial charge in [0.25, 0.3) is 0 Å². The molecule has 1 aliphatic rings. The first-order valence-electron chi connectivity index (χ1n) is 6.32. The topological polar surface area (TPSA) is 0 Å². The van der Waals surface area contributed by atoms with Gasteiger partial charge in [-0.25, -0.2) is 0 Å². The van der Waals surface area contributed by atoms with Gasteiger partial charge >= 0.3 is 6.18 Å². The third kappa shape index (κ3) is 2.51. The second kappa shape index (κ2) is 5.11. The van der Waals surface area contributed by atoms with Crippen molar-refractivity contribution in [1.29, 1.82) is 0 Å². The van der Waals surface area contributed by atoms with Crippen LogP contribution in [0.4, 0.5) is 13.2 Å². The van der Waals surface area contributed by atoms with Gasteiger partial charge in [0.1, 0.15) is 0 Å². The Labute approximate surface area is 125 Å². The third-order valence-electron chi connectivity index (χ3n) is 3.28. The molecule has 0 nitrogen and oxygen atoms in total. The van der Waals surface area contributed by atoms with E-state index in [1.165, 1.54) is 23.9 Å². The lowest BCUT2D eigenvalue weighted by atomic mass is 9.95. The van der Waals surface area contributed by atoms with E-state index in [2.05, 4.69) is 6.58 Å². The van der Waals surface area contributed by atoms with Gasteiger partial charge in [-0.3, -0.25) is 0 Å². The molecule has 0 aromatic heterocycles. The van der Waals surface area contributed by atoms with Crippen molar-refractivity contribution in [2.45, 2.75) is 16.0 Å². The van der Waals surface area contributed by atoms with E-state index in [-0.39, 0.29) is 0 Å². The number of alkyl halides is 3. The highest BCUT2D eigenvalue weighted by Gasteiger charge is 2.32. The van der Waals surface area contributed by atoms with Crippen molar-refractivity contribution >= 4 is 17.3 Å². The summed E-state index contributed by atoms with van der Waals surface area (Å²) in [6.07, 6.45) is -0.973. The third-order valence-corrected chi connectivity index (χ3v) is 4.43. The second-order valence-electron chi connectivity index (χ2n) is 4.62. The van der Waals surface area contributed by atoms with Crippen LogP contribution in [0.25, 0.3) is 5.57 Å². The lowest BCUT2D eigenvalue weighted by molar-refractivity contribution is -0.137. The van der Waals surface area contributed by atoms with Crippen LogP contribution in [0, 0.1) is 0 Å². The van der Waals surface area contributed by atoms with Crippen LogP contribution in [0.5, 0.6) is 0 Å². The summed E-state index contributed by atoms with van der Waals surface area (Å²) in [5.74, 6) is 0. The van der Waals surface area contributed by atoms with Crippen LogP contribution in [0.15, 0.2) is 71.0 Å². The van der Waals surface area contributed by atoms with Crippen molar-refractivity contribution in [2.24, 2.45) is 0 Å². The minimum atomic E-state index is -4.34. The van der Waals surface area contributed by atoms with Crippen molar-refractivity contribution in [3.63, 3.8) is 0 Å². The summed E-state index contributed by atoms with van der Waals surface area (Å²) < 4.78 is 38.8. The molecule has 0 radical (unpaired) electrons. The zero-order valence-corrected chi connectivity index (χ0v) is 11.8. The normalized spacial score (nSPS) is 15.5. The first kappa shape index (κ1) is 14.0. The molecule has 0 fully saturated rings. The Morgan fingerprint density at radius 3 is 2.38 bits per heavy atom. The Bertz CT molecular complexity index is 742. The quantitative estimate of drug-likeness (QED) is 0.548. The predicted octanol–water partition coefficient (Wildman–Crippen LogP) is 5.79. The van der Waals surface area contributed by atoms with Gasteiger partial charge < -0.3 is 0 Å². The molecule has 1 heterocycles. The number of hydrogen-bond acceptors (Lipinski definition) is 1. The van der Waals surface area contributed by atoms with Gasteiger partial charge in [0, 0.05) is 9.79 Å². The van der Waals surface area contributed by atoms with E-state index >= 15 is 0 Å². The number of benzene rings is 2. The Morgan fingerprint density at radius 2 is 1.67 bits per heavy atom. The summed E-state index contributed by atoms with van der Waals surface area (Å²) in [5.41, 5.74) is 1.69. The van der Waals surface area contributed by atoms with E-state index in [4.69, 9.17) is 0 Å². The van der Waals surface area contributed by atoms with Crippen LogP contribution in [-0.2, 0) is 6.18 Å². The van der Waals surface area contributed by atoms with Gasteiger partial charge in [0.15, 0.2) is 0 Å². The molecule has 106 valence electrons. The van der Waals surface area contributed by atoms with E-state index in [0.717, 1.165) is 27.0 Å². The first-order valence-corrected chi connectivity index (χ1v) is 7.14. The lowest BCUT2D eigenvalue weighted by Gasteiger charge is -2.23. The molecule has 2 aromatic carbocycles. The molecule has 0 aliphatic carbocycles. The molecule has 0 saturated heterocycles. The molecule has 3 rings (SSSR count). The van der Waals surface area contributed by atoms with Crippen LogP contribution in [0.2, 0.25) is 0 Å². The fraction of sp³-hybridized carbons (Fsp3) is 0.0588. The van der Waals surface area contributed by atoms with Crippen molar-refractivity contribution in [3.8, 4) is 0 Å². The van der Waals surface area contributed by atoms with E-state index in [1.54, 1.807) is 12.2 Å². The van der Waals surface area contributed by atoms with E-state index in [9.17, 15) is 13.2 Å². The Kier molecular flexibility index (Phi) is 3.41. The largest absolute Gasteiger partial charge is 0.416 e. The average Bonchev–Trinajstić information content (AvgIpc) is 2.45. The molecule has 21 heavy (non-hydrogen) atoms. The Hall–Kier alpha value is -1.94. The van der Waals surface area contributed by atoms with Crippen molar-refractivity contribution in [1.82, 2.24) is 0 Å². The van der Waals surface area contributed by atoms with Gasteiger partial charge in [-0.1, -0.05) is 48.7 Å². The molecule has 0 bridgehead atoms. The summed E-state index contributed by atoms with van der Waals surface area (Å²) in [5, 5.41) is 0. The summed E-state index contributed by atoms with van der Waals surface area (Å²) in [6.45, 7) is 3.67. The molecule has 0 N–H and O–H groups in total. The molecule has 0 unspecified atom stereocenters. The maximum absolute atomic E-state index is 12.9. The monoisotopic (exact) mass is 304 g/mol. The molecule has 0 amide bonds. The smallest absolute Gasteiger partial charge is 0.166 e. The minimum Gasteiger partial charge on any atom is -0.166 e. The van der Waals surface area contributed by atoms with Crippen molar-refractivity contribution < 1.29 is 13.2 Å². The van der Waals surface area contributed by atoms with Gasteiger partial charge in [-0.15, -0.1) is 0 Å². The maximum Gasteiger partial charge on any atom is 0.416 e. The summed E-state index contributed by atoms with van der Waals surface area (Å²) in [4.78, 5) is 1.87. The summed E-state index contributed by atoms with van der Waals surface area (Å²) in [7, 11) is 0. The molecule has 2 aromatic rings. The molecule has 0 spiro atoms. The van der Waals surface area contributed by atoms with Crippen LogP contribution >= 0.6 is 11.8 Å². The number of hydrogen-bond donors (Lipinski definition) is 0. The van der Waals surface area contributed by atoms with E-state index < -0.39 is 11.7 Å². The van der Waals surface area contributed by atoms with Crippen molar-refractivity contribution in [2.75, 3.05) is 0 Å². The lowest BCUT2D eigenvalue weighted by Crippen LogP contribution is -2.07. The van der Waals surface area contributed by atoms with E-state index in [1.807, 2.05) is 24.3 Å². The van der Waals surface area contributed by atoms with Crippen LogP contribution in [-0.4, -0.2) is 0 Å². The highest BCUT2D eigenvalue weighted by Crippen LogP contribution is 2.46. The van der Waals surface area contributed by atoms with Crippen LogP contribution in [0.1, 0.15) is 16.7 Å². The standard InChI is InChI=1S/C17H11F3S/c1-2-5-12-13-6-3-4-7-15(13)21-16-9-8-11(10-14(12)16)17(18,19)20/h2-10H,1H2. The predicted molar refractivity (Wildman–Crippen MR) is 79.3 cm³/mol. The number of rotatable bonds is 1. The van der Waals surface area contributed by atoms with Crippen molar-refractivity contribution in [3.05, 3.63) is 77.9 Å². The van der Waals surface area contributed by atoms with Gasteiger partial charge in [0.2, 0.25) is 0 Å². The summed E-state index contributed by atoms with van der Waals surface area (Å²) in [6, 6.07) is 11.6.